The van der Waals surface area contributed by atoms with Gasteiger partial charge in [-0.3, -0.25) is 9.59 Å². The average Bonchev–Trinajstić information content (AvgIpc) is 3.43. The maximum Gasteiger partial charge on any atom is 0.416 e. The van der Waals surface area contributed by atoms with Crippen molar-refractivity contribution in [2.45, 2.75) is 38.9 Å². The molecule has 1 aromatic heterocycles. The van der Waals surface area contributed by atoms with Crippen LogP contribution in [0.3, 0.4) is 0 Å². The van der Waals surface area contributed by atoms with E-state index in [0.29, 0.717) is 30.9 Å². The molecule has 0 spiro atoms. The van der Waals surface area contributed by atoms with Crippen LogP contribution < -0.4 is 9.47 Å². The van der Waals surface area contributed by atoms with Gasteiger partial charge in [0.1, 0.15) is 6.54 Å². The summed E-state index contributed by atoms with van der Waals surface area (Å²) in [7, 11) is 3.08. The molecule has 1 heterocycles. The average molecular weight is 596 g/mol. The Morgan fingerprint density at radius 1 is 0.884 bits per heavy atom. The van der Waals surface area contributed by atoms with Crippen molar-refractivity contribution >= 4 is 22.7 Å². The fourth-order valence-electron chi connectivity index (χ4n) is 4.96. The smallest absolute Gasteiger partial charge is 0.416 e. The predicted octanol–water partition coefficient (Wildman–Crippen LogP) is 6.72. The van der Waals surface area contributed by atoms with E-state index in [4.69, 9.17) is 9.47 Å². The Hall–Kier alpha value is -4.47. The van der Waals surface area contributed by atoms with Gasteiger partial charge >= 0.3 is 6.18 Å². The van der Waals surface area contributed by atoms with Crippen molar-refractivity contribution in [2.75, 3.05) is 33.9 Å². The Kier molecular flexibility index (Phi) is 10.3. The zero-order valence-electron chi connectivity index (χ0n) is 24.5. The molecule has 228 valence electrons. The number of methoxy groups -OCH3 is 2. The van der Waals surface area contributed by atoms with Crippen LogP contribution >= 0.6 is 0 Å². The van der Waals surface area contributed by atoms with Crippen molar-refractivity contribution in [3.05, 3.63) is 95.2 Å². The van der Waals surface area contributed by atoms with Gasteiger partial charge in [-0.15, -0.1) is 0 Å². The molecule has 0 saturated carbocycles. The molecular formula is C33H36F3N3O4. The number of alkyl halides is 3. The van der Waals surface area contributed by atoms with E-state index in [1.54, 1.807) is 24.1 Å². The van der Waals surface area contributed by atoms with Gasteiger partial charge in [0.05, 0.1) is 19.8 Å². The second-order valence-electron chi connectivity index (χ2n) is 10.3. The van der Waals surface area contributed by atoms with E-state index >= 15 is 0 Å². The summed E-state index contributed by atoms with van der Waals surface area (Å²) >= 11 is 0. The van der Waals surface area contributed by atoms with E-state index in [-0.39, 0.29) is 31.1 Å². The van der Waals surface area contributed by atoms with Gasteiger partial charge in [-0.1, -0.05) is 43.7 Å². The molecule has 4 aromatic rings. The van der Waals surface area contributed by atoms with E-state index in [1.165, 1.54) is 24.1 Å². The largest absolute Gasteiger partial charge is 0.493 e. The Morgan fingerprint density at radius 3 is 2.37 bits per heavy atom. The lowest BCUT2D eigenvalue weighted by Gasteiger charge is -2.28. The van der Waals surface area contributed by atoms with Gasteiger partial charge < -0.3 is 24.3 Å². The minimum atomic E-state index is -4.58. The Morgan fingerprint density at radius 2 is 1.65 bits per heavy atom. The van der Waals surface area contributed by atoms with Crippen LogP contribution in [0.25, 0.3) is 10.9 Å². The third-order valence-corrected chi connectivity index (χ3v) is 7.33. The summed E-state index contributed by atoms with van der Waals surface area (Å²) in [6.45, 7) is 2.51. The number of para-hydroxylation sites is 1. The maximum absolute atomic E-state index is 13.9. The number of aromatic nitrogens is 1. The zero-order chi connectivity index (χ0) is 31.0. The Labute approximate surface area is 249 Å². The van der Waals surface area contributed by atoms with E-state index in [9.17, 15) is 22.8 Å². The fourth-order valence-corrected chi connectivity index (χ4v) is 4.96. The molecular weight excluding hydrogens is 559 g/mol. The summed E-state index contributed by atoms with van der Waals surface area (Å²) in [5.74, 6) is 0.148. The van der Waals surface area contributed by atoms with E-state index in [0.717, 1.165) is 40.6 Å². The number of nitrogens with one attached hydrogen (secondary N) is 1. The second-order valence-corrected chi connectivity index (χ2v) is 10.3. The number of benzene rings is 3. The lowest BCUT2D eigenvalue weighted by atomic mass is 10.1. The highest BCUT2D eigenvalue weighted by atomic mass is 19.4. The molecule has 4 rings (SSSR count). The normalized spacial score (nSPS) is 11.4. The van der Waals surface area contributed by atoms with Gasteiger partial charge in [0.2, 0.25) is 5.91 Å². The number of carbonyl (C=O) groups is 2. The highest BCUT2D eigenvalue weighted by molar-refractivity contribution is 5.96. The molecule has 0 aliphatic rings. The summed E-state index contributed by atoms with van der Waals surface area (Å²) in [6, 6.07) is 17.6. The highest BCUT2D eigenvalue weighted by Gasteiger charge is 2.32. The second kappa shape index (κ2) is 14.1. The predicted molar refractivity (Wildman–Crippen MR) is 159 cm³/mol. The zero-order valence-corrected chi connectivity index (χ0v) is 24.5. The number of ether oxygens (including phenoxy) is 2. The highest BCUT2D eigenvalue weighted by Crippen LogP contribution is 2.30. The van der Waals surface area contributed by atoms with Gasteiger partial charge in [0.25, 0.3) is 5.91 Å². The number of fused-ring (bicyclic) bond motifs is 1. The molecule has 0 aliphatic carbocycles. The van der Waals surface area contributed by atoms with Gasteiger partial charge in [-0.25, -0.2) is 0 Å². The molecule has 0 aliphatic heterocycles. The van der Waals surface area contributed by atoms with E-state index < -0.39 is 17.6 Å². The number of rotatable bonds is 13. The summed E-state index contributed by atoms with van der Waals surface area (Å²) < 4.78 is 50.9. The number of carbonyl (C=O) groups excluding carboxylic acids is 2. The molecule has 43 heavy (non-hydrogen) atoms. The van der Waals surface area contributed by atoms with Gasteiger partial charge in [-0.05, 0) is 60.4 Å². The molecule has 0 radical (unpaired) electrons. The van der Waals surface area contributed by atoms with E-state index in [1.807, 2.05) is 43.5 Å². The van der Waals surface area contributed by atoms with Crippen molar-refractivity contribution in [1.29, 1.82) is 0 Å². The van der Waals surface area contributed by atoms with Crippen LogP contribution in [0.15, 0.2) is 72.9 Å². The summed E-state index contributed by atoms with van der Waals surface area (Å²) in [5, 5.41) is 1.06. The number of unbranched alkanes of at least 4 members (excludes halogenated alkanes) is 1. The van der Waals surface area contributed by atoms with Gasteiger partial charge in [-0.2, -0.15) is 13.2 Å². The maximum atomic E-state index is 13.9. The number of halogens is 3. The first-order valence-electron chi connectivity index (χ1n) is 14.1. The molecule has 7 nitrogen and oxygen atoms in total. The van der Waals surface area contributed by atoms with Crippen molar-refractivity contribution in [2.24, 2.45) is 0 Å². The first-order chi connectivity index (χ1) is 20.6. The summed E-state index contributed by atoms with van der Waals surface area (Å²) in [5.41, 5.74) is 1.82. The fraction of sp³-hybridized carbons (Fsp3) is 0.333. The summed E-state index contributed by atoms with van der Waals surface area (Å²) in [6.07, 6.45) is -0.757. The number of hydrogen-bond acceptors (Lipinski definition) is 4. The van der Waals surface area contributed by atoms with Crippen molar-refractivity contribution in [3.63, 3.8) is 0 Å². The molecule has 0 fully saturated rings. The molecule has 0 unspecified atom stereocenters. The van der Waals surface area contributed by atoms with E-state index in [2.05, 4.69) is 4.98 Å². The lowest BCUT2D eigenvalue weighted by Crippen LogP contribution is -2.43. The number of nitrogens with zero attached hydrogens (tertiary/aromatic N) is 2. The van der Waals surface area contributed by atoms with Crippen LogP contribution in [0.1, 0.15) is 46.8 Å². The molecule has 0 atom stereocenters. The minimum absolute atomic E-state index is 0.107. The SMILES string of the molecule is CCCCN(CC(=O)N(CCc1c[nH]c2ccccc12)Cc1ccc(OC)c(OC)c1)C(=O)c1cccc(C(F)(F)F)c1. The van der Waals surface area contributed by atoms with Crippen LogP contribution in [0.5, 0.6) is 11.5 Å². The third-order valence-electron chi connectivity index (χ3n) is 7.33. The molecule has 2 amide bonds. The quantitative estimate of drug-likeness (QED) is 0.186. The first kappa shape index (κ1) is 31.5. The number of H-pyrrole nitrogens is 1. The van der Waals surface area contributed by atoms with Crippen molar-refractivity contribution in [1.82, 2.24) is 14.8 Å². The lowest BCUT2D eigenvalue weighted by molar-refractivity contribution is -0.137. The van der Waals surface area contributed by atoms with Crippen LogP contribution in [-0.4, -0.2) is 60.5 Å². The van der Waals surface area contributed by atoms with Crippen LogP contribution in [-0.2, 0) is 23.9 Å². The number of amides is 2. The van der Waals surface area contributed by atoms with Crippen LogP contribution in [0, 0.1) is 0 Å². The standard InChI is InChI=1S/C33H36F3N3O4/c1-4-5-16-39(32(41)24-9-8-10-26(19-24)33(34,35)36)22-31(40)38(21-23-13-14-29(42-2)30(18-23)43-3)17-15-25-20-37-28-12-7-6-11-27(25)28/h6-14,18-20,37H,4-5,15-17,21-22H2,1-3H3. The van der Waals surface area contributed by atoms with Crippen LogP contribution in [0.2, 0.25) is 0 Å². The number of aromatic amines is 1. The number of hydrogen-bond donors (Lipinski definition) is 1. The Bertz CT molecular complexity index is 1550. The molecule has 0 bridgehead atoms. The van der Waals surface area contributed by atoms with Crippen molar-refractivity contribution in [3.8, 4) is 11.5 Å². The molecule has 3 aromatic carbocycles. The van der Waals surface area contributed by atoms with Gasteiger partial charge in [0, 0.05) is 42.3 Å². The minimum Gasteiger partial charge on any atom is -0.493 e. The Balaban J connectivity index is 1.60. The van der Waals surface area contributed by atoms with Crippen LogP contribution in [0.4, 0.5) is 13.2 Å². The third kappa shape index (κ3) is 7.88. The molecule has 0 saturated heterocycles. The topological polar surface area (TPSA) is 74.9 Å². The summed E-state index contributed by atoms with van der Waals surface area (Å²) in [4.78, 5) is 33.6. The molecule has 10 heteroatoms. The molecule has 1 N–H and O–H groups in total. The first-order valence-corrected chi connectivity index (χ1v) is 14.1. The monoisotopic (exact) mass is 595 g/mol. The van der Waals surface area contributed by atoms with Crippen molar-refractivity contribution < 1.29 is 32.2 Å². The van der Waals surface area contributed by atoms with Gasteiger partial charge in [0.15, 0.2) is 11.5 Å².